The van der Waals surface area contributed by atoms with Crippen molar-refractivity contribution in [3.05, 3.63) is 60.3 Å². The summed E-state index contributed by atoms with van der Waals surface area (Å²) in [6.07, 6.45) is 5.04. The lowest BCUT2D eigenvalue weighted by Crippen LogP contribution is -2.42. The molecule has 2 aromatic carbocycles. The molecule has 156 valence electrons. The smallest absolute Gasteiger partial charge is 0.257 e. The average Bonchev–Trinajstić information content (AvgIpc) is 3.24. The number of carbonyl (C=O) groups excluding carboxylic acids is 1. The molecule has 2 heterocycles. The second-order valence-corrected chi connectivity index (χ2v) is 7.58. The molecule has 0 aliphatic carbocycles. The number of hydrogen-bond donors (Lipinski definition) is 0. The van der Waals surface area contributed by atoms with Crippen LogP contribution in [-0.2, 0) is 0 Å². The molecule has 1 saturated heterocycles. The van der Waals surface area contributed by atoms with Crippen molar-refractivity contribution in [1.82, 2.24) is 14.7 Å². The first kappa shape index (κ1) is 20.0. The number of para-hydroxylation sites is 1. The topological polar surface area (TPSA) is 56.6 Å². The van der Waals surface area contributed by atoms with Crippen LogP contribution in [0.3, 0.4) is 0 Å². The molecule has 0 bridgehead atoms. The maximum absolute atomic E-state index is 13.6. The van der Waals surface area contributed by atoms with E-state index in [1.165, 1.54) is 0 Å². The van der Waals surface area contributed by atoms with Gasteiger partial charge in [-0.1, -0.05) is 18.2 Å². The average molecular weight is 405 g/mol. The number of hydrogen-bond acceptors (Lipinski definition) is 4. The minimum atomic E-state index is 0.00394. The highest BCUT2D eigenvalue weighted by atomic mass is 16.5. The van der Waals surface area contributed by atoms with Gasteiger partial charge in [-0.15, -0.1) is 0 Å². The number of nitrogens with zero attached hydrogens (tertiary/aromatic N) is 3. The van der Waals surface area contributed by atoms with E-state index in [0.717, 1.165) is 37.1 Å². The number of methoxy groups -OCH3 is 2. The quantitative estimate of drug-likeness (QED) is 0.624. The first-order valence-corrected chi connectivity index (χ1v) is 10.3. The van der Waals surface area contributed by atoms with Gasteiger partial charge in [-0.2, -0.15) is 5.10 Å². The van der Waals surface area contributed by atoms with Crippen molar-refractivity contribution in [3.8, 4) is 28.4 Å². The fraction of sp³-hybridized carbons (Fsp3) is 0.333. The fourth-order valence-corrected chi connectivity index (χ4v) is 4.00. The molecular weight excluding hydrogens is 378 g/mol. The molecular formula is C24H27N3O3. The van der Waals surface area contributed by atoms with Gasteiger partial charge in [-0.3, -0.25) is 4.79 Å². The van der Waals surface area contributed by atoms with Crippen LogP contribution in [-0.4, -0.2) is 47.4 Å². The van der Waals surface area contributed by atoms with Crippen molar-refractivity contribution in [2.75, 3.05) is 20.8 Å². The number of rotatable bonds is 5. The Balaban J connectivity index is 1.87. The molecule has 1 aromatic heterocycles. The van der Waals surface area contributed by atoms with E-state index in [2.05, 4.69) is 6.92 Å². The van der Waals surface area contributed by atoms with Crippen LogP contribution in [0.25, 0.3) is 16.9 Å². The molecule has 0 saturated carbocycles. The molecule has 6 heteroatoms. The summed E-state index contributed by atoms with van der Waals surface area (Å²) in [6, 6.07) is 15.6. The van der Waals surface area contributed by atoms with E-state index in [1.54, 1.807) is 18.9 Å². The minimum absolute atomic E-state index is 0.00394. The molecule has 0 radical (unpaired) electrons. The Morgan fingerprint density at radius 2 is 1.87 bits per heavy atom. The van der Waals surface area contributed by atoms with Crippen molar-refractivity contribution in [3.63, 3.8) is 0 Å². The summed E-state index contributed by atoms with van der Waals surface area (Å²) >= 11 is 0. The van der Waals surface area contributed by atoms with E-state index in [-0.39, 0.29) is 11.9 Å². The lowest BCUT2D eigenvalue weighted by Gasteiger charge is -2.33. The zero-order valence-electron chi connectivity index (χ0n) is 17.7. The van der Waals surface area contributed by atoms with Gasteiger partial charge in [-0.25, -0.2) is 4.68 Å². The lowest BCUT2D eigenvalue weighted by atomic mass is 10.0. The Morgan fingerprint density at radius 3 is 2.57 bits per heavy atom. The molecule has 1 amide bonds. The Morgan fingerprint density at radius 1 is 1.07 bits per heavy atom. The highest BCUT2D eigenvalue weighted by Gasteiger charge is 2.29. The zero-order chi connectivity index (χ0) is 21.1. The number of amides is 1. The van der Waals surface area contributed by atoms with Crippen molar-refractivity contribution in [2.24, 2.45) is 0 Å². The lowest BCUT2D eigenvalue weighted by molar-refractivity contribution is 0.0636. The van der Waals surface area contributed by atoms with Gasteiger partial charge in [0.1, 0.15) is 17.2 Å². The largest absolute Gasteiger partial charge is 0.497 e. The molecule has 0 spiro atoms. The van der Waals surface area contributed by atoms with Gasteiger partial charge in [-0.05, 0) is 56.5 Å². The summed E-state index contributed by atoms with van der Waals surface area (Å²) in [5.74, 6) is 1.34. The molecule has 3 aromatic rings. The Labute approximate surface area is 177 Å². The Kier molecular flexibility index (Phi) is 5.74. The maximum Gasteiger partial charge on any atom is 0.257 e. The highest BCUT2D eigenvalue weighted by molar-refractivity contribution is 6.01. The van der Waals surface area contributed by atoms with E-state index in [1.807, 2.05) is 59.6 Å². The molecule has 6 nitrogen and oxygen atoms in total. The van der Waals surface area contributed by atoms with E-state index < -0.39 is 0 Å². The van der Waals surface area contributed by atoms with Crippen LogP contribution >= 0.6 is 0 Å². The number of carbonyl (C=O) groups is 1. The summed E-state index contributed by atoms with van der Waals surface area (Å²) in [7, 11) is 3.24. The summed E-state index contributed by atoms with van der Waals surface area (Å²) < 4.78 is 12.8. The standard InChI is InChI=1S/C24H27N3O3/c1-17-9-7-8-14-26(17)24(28)21-16-27(18-10-5-4-6-11-18)25-23(21)20-15-19(29-2)12-13-22(20)30-3/h4-6,10-13,15-17H,7-9,14H2,1-3H3. The van der Waals surface area contributed by atoms with Crippen molar-refractivity contribution < 1.29 is 14.3 Å². The maximum atomic E-state index is 13.6. The zero-order valence-corrected chi connectivity index (χ0v) is 17.7. The van der Waals surface area contributed by atoms with Crippen LogP contribution in [0.4, 0.5) is 0 Å². The Hall–Kier alpha value is -3.28. The van der Waals surface area contributed by atoms with Gasteiger partial charge < -0.3 is 14.4 Å². The van der Waals surface area contributed by atoms with E-state index in [9.17, 15) is 4.79 Å². The second kappa shape index (κ2) is 8.61. The summed E-state index contributed by atoms with van der Waals surface area (Å²) in [5, 5.41) is 4.81. The van der Waals surface area contributed by atoms with Gasteiger partial charge in [0.25, 0.3) is 5.91 Å². The normalized spacial score (nSPS) is 16.4. The molecule has 1 fully saturated rings. The van der Waals surface area contributed by atoms with Crippen molar-refractivity contribution in [2.45, 2.75) is 32.2 Å². The van der Waals surface area contributed by atoms with Crippen molar-refractivity contribution >= 4 is 5.91 Å². The third-order valence-electron chi connectivity index (χ3n) is 5.69. The van der Waals surface area contributed by atoms with Gasteiger partial charge in [0.2, 0.25) is 0 Å². The first-order valence-electron chi connectivity index (χ1n) is 10.3. The molecule has 1 aliphatic rings. The van der Waals surface area contributed by atoms with E-state index in [4.69, 9.17) is 14.6 Å². The molecule has 1 atom stereocenters. The molecule has 30 heavy (non-hydrogen) atoms. The summed E-state index contributed by atoms with van der Waals surface area (Å²) in [5.41, 5.74) is 2.79. The van der Waals surface area contributed by atoms with Crippen molar-refractivity contribution in [1.29, 1.82) is 0 Å². The monoisotopic (exact) mass is 405 g/mol. The summed E-state index contributed by atoms with van der Waals surface area (Å²) in [4.78, 5) is 15.6. The number of likely N-dealkylation sites (tertiary alicyclic amines) is 1. The molecule has 1 unspecified atom stereocenters. The van der Waals surface area contributed by atoms with Crippen LogP contribution in [0, 0.1) is 0 Å². The molecule has 0 N–H and O–H groups in total. The number of piperidine rings is 1. The van der Waals surface area contributed by atoms with Crippen LogP contribution < -0.4 is 9.47 Å². The predicted molar refractivity (Wildman–Crippen MR) is 116 cm³/mol. The van der Waals surface area contributed by atoms with Crippen LogP contribution in [0.5, 0.6) is 11.5 Å². The van der Waals surface area contributed by atoms with Crippen LogP contribution in [0.2, 0.25) is 0 Å². The van der Waals surface area contributed by atoms with E-state index >= 15 is 0 Å². The number of ether oxygens (including phenoxy) is 2. The summed E-state index contributed by atoms with van der Waals surface area (Å²) in [6.45, 7) is 2.88. The first-order chi connectivity index (χ1) is 14.6. The minimum Gasteiger partial charge on any atom is -0.497 e. The van der Waals surface area contributed by atoms with Gasteiger partial charge in [0, 0.05) is 24.3 Å². The third-order valence-corrected chi connectivity index (χ3v) is 5.69. The number of benzene rings is 2. The highest BCUT2D eigenvalue weighted by Crippen LogP contribution is 2.36. The van der Waals surface area contributed by atoms with E-state index in [0.29, 0.717) is 22.8 Å². The van der Waals surface area contributed by atoms with Gasteiger partial charge in [0.05, 0.1) is 25.5 Å². The van der Waals surface area contributed by atoms with Crippen LogP contribution in [0.1, 0.15) is 36.5 Å². The SMILES string of the molecule is COc1ccc(OC)c(-c2nn(-c3ccccc3)cc2C(=O)N2CCCCC2C)c1. The third kappa shape index (κ3) is 3.77. The predicted octanol–water partition coefficient (Wildman–Crippen LogP) is 4.57. The van der Waals surface area contributed by atoms with Crippen LogP contribution in [0.15, 0.2) is 54.7 Å². The van der Waals surface area contributed by atoms with Gasteiger partial charge >= 0.3 is 0 Å². The fourth-order valence-electron chi connectivity index (χ4n) is 4.00. The molecule has 4 rings (SSSR count). The van der Waals surface area contributed by atoms with Gasteiger partial charge in [0.15, 0.2) is 0 Å². The number of aromatic nitrogens is 2. The molecule has 1 aliphatic heterocycles. The Bertz CT molecular complexity index is 1030. The second-order valence-electron chi connectivity index (χ2n) is 7.58.